The van der Waals surface area contributed by atoms with E-state index in [0.29, 0.717) is 17.6 Å². The van der Waals surface area contributed by atoms with Crippen molar-refractivity contribution in [3.05, 3.63) is 73.1 Å². The molecule has 1 aliphatic rings. The molecule has 1 fully saturated rings. The zero-order valence-electron chi connectivity index (χ0n) is 17.9. The lowest BCUT2D eigenvalue weighted by atomic mass is 9.96. The molecule has 0 bridgehead atoms. The molecule has 5 atom stereocenters. The monoisotopic (exact) mass is 468 g/mol. The van der Waals surface area contributed by atoms with Crippen molar-refractivity contribution in [1.29, 1.82) is 0 Å². The molecule has 0 amide bonds. The second-order valence-electron chi connectivity index (χ2n) is 8.13. The molecule has 0 radical (unpaired) electrons. The summed E-state index contributed by atoms with van der Waals surface area (Å²) in [5.41, 5.74) is 3.00. The summed E-state index contributed by atoms with van der Waals surface area (Å²) in [5.74, 6) is -2.56. The SMILES string of the molecule is OC[C@H]1O[C@H](O)[C@@](O)(Oc2cccc3ncn(Cc4ccc(-n5ccnc5)cc4)c23)[C@@H](O)[C@@H]1O. The Labute approximate surface area is 193 Å². The van der Waals surface area contributed by atoms with Gasteiger partial charge in [-0.2, -0.15) is 0 Å². The Morgan fingerprint density at radius 1 is 1.06 bits per heavy atom. The molecule has 0 aliphatic carbocycles. The van der Waals surface area contributed by atoms with Gasteiger partial charge in [-0.05, 0) is 29.8 Å². The van der Waals surface area contributed by atoms with E-state index in [2.05, 4.69) is 9.97 Å². The first kappa shape index (κ1) is 22.5. The van der Waals surface area contributed by atoms with Crippen molar-refractivity contribution in [2.24, 2.45) is 0 Å². The van der Waals surface area contributed by atoms with Crippen molar-refractivity contribution in [3.8, 4) is 11.4 Å². The molecule has 1 aliphatic heterocycles. The maximum absolute atomic E-state index is 10.9. The molecule has 34 heavy (non-hydrogen) atoms. The van der Waals surface area contributed by atoms with Gasteiger partial charge in [-0.15, -0.1) is 0 Å². The number of aromatic nitrogens is 4. The summed E-state index contributed by atoms with van der Waals surface area (Å²) in [6.07, 6.45) is -0.0475. The van der Waals surface area contributed by atoms with Crippen LogP contribution in [0.15, 0.2) is 67.5 Å². The Hall–Kier alpha value is -3.32. The Kier molecular flexibility index (Phi) is 5.81. The second-order valence-corrected chi connectivity index (χ2v) is 8.13. The topological polar surface area (TPSA) is 155 Å². The Bertz CT molecular complexity index is 1260. The summed E-state index contributed by atoms with van der Waals surface area (Å²) in [6, 6.07) is 12.8. The van der Waals surface area contributed by atoms with Crippen LogP contribution in [0.25, 0.3) is 16.7 Å². The molecule has 0 saturated carbocycles. The highest BCUT2D eigenvalue weighted by atomic mass is 16.7. The summed E-state index contributed by atoms with van der Waals surface area (Å²) >= 11 is 0. The number of rotatable bonds is 6. The van der Waals surface area contributed by atoms with Gasteiger partial charge in [0.25, 0.3) is 5.79 Å². The first-order valence-corrected chi connectivity index (χ1v) is 10.6. The van der Waals surface area contributed by atoms with E-state index in [4.69, 9.17) is 9.47 Å². The molecule has 178 valence electrons. The number of benzene rings is 2. The molecule has 0 unspecified atom stereocenters. The highest BCUT2D eigenvalue weighted by molar-refractivity contribution is 5.82. The number of imidazole rings is 2. The van der Waals surface area contributed by atoms with E-state index >= 15 is 0 Å². The molecule has 5 N–H and O–H groups in total. The Balaban J connectivity index is 1.44. The molecule has 0 spiro atoms. The molecule has 11 nitrogen and oxygen atoms in total. The number of aliphatic hydroxyl groups excluding tert-OH is 4. The molecule has 2 aromatic carbocycles. The first-order valence-electron chi connectivity index (χ1n) is 10.6. The zero-order valence-corrected chi connectivity index (χ0v) is 17.9. The zero-order chi connectivity index (χ0) is 23.9. The number of ether oxygens (including phenoxy) is 2. The summed E-state index contributed by atoms with van der Waals surface area (Å²) in [6.45, 7) is -0.232. The number of aliphatic hydroxyl groups is 5. The van der Waals surface area contributed by atoms with Crippen LogP contribution in [0.1, 0.15) is 5.56 Å². The maximum Gasteiger partial charge on any atom is 0.288 e. The maximum atomic E-state index is 10.9. The number of hydrogen-bond acceptors (Lipinski definition) is 9. The first-order chi connectivity index (χ1) is 16.4. The van der Waals surface area contributed by atoms with E-state index in [-0.39, 0.29) is 5.75 Å². The number of fused-ring (bicyclic) bond motifs is 1. The van der Waals surface area contributed by atoms with Crippen LogP contribution in [0.3, 0.4) is 0 Å². The third kappa shape index (κ3) is 3.84. The predicted molar refractivity (Wildman–Crippen MR) is 118 cm³/mol. The fourth-order valence-corrected chi connectivity index (χ4v) is 4.05. The highest BCUT2D eigenvalue weighted by Gasteiger charge is 2.57. The Morgan fingerprint density at radius 3 is 2.56 bits per heavy atom. The van der Waals surface area contributed by atoms with E-state index in [0.717, 1.165) is 11.3 Å². The quantitative estimate of drug-likeness (QED) is 0.241. The van der Waals surface area contributed by atoms with Gasteiger partial charge in [0.15, 0.2) is 6.10 Å². The van der Waals surface area contributed by atoms with Crippen LogP contribution in [0.5, 0.6) is 5.75 Å². The van der Waals surface area contributed by atoms with E-state index in [1.54, 1.807) is 41.6 Å². The van der Waals surface area contributed by atoms with Gasteiger partial charge < -0.3 is 44.1 Å². The van der Waals surface area contributed by atoms with Gasteiger partial charge in [0.05, 0.1) is 24.8 Å². The largest absolute Gasteiger partial charge is 0.452 e. The smallest absolute Gasteiger partial charge is 0.288 e. The minimum absolute atomic E-state index is 0.115. The molecule has 1 saturated heterocycles. The van der Waals surface area contributed by atoms with E-state index in [9.17, 15) is 25.5 Å². The number of para-hydroxylation sites is 1. The lowest BCUT2D eigenvalue weighted by molar-refractivity contribution is -0.385. The minimum atomic E-state index is -2.68. The van der Waals surface area contributed by atoms with Crippen LogP contribution in [-0.4, -0.2) is 81.6 Å². The summed E-state index contributed by atoms with van der Waals surface area (Å²) < 4.78 is 14.4. The van der Waals surface area contributed by atoms with E-state index in [1.165, 1.54) is 0 Å². The number of hydrogen-bond donors (Lipinski definition) is 5. The average molecular weight is 468 g/mol. The van der Waals surface area contributed by atoms with Crippen LogP contribution in [0.4, 0.5) is 0 Å². The minimum Gasteiger partial charge on any atom is -0.452 e. The van der Waals surface area contributed by atoms with Crippen LogP contribution < -0.4 is 4.74 Å². The van der Waals surface area contributed by atoms with Gasteiger partial charge in [-0.25, -0.2) is 9.97 Å². The second kappa shape index (κ2) is 8.80. The molecule has 2 aromatic heterocycles. The van der Waals surface area contributed by atoms with Gasteiger partial charge in [-0.1, -0.05) is 18.2 Å². The van der Waals surface area contributed by atoms with E-state index in [1.807, 2.05) is 35.0 Å². The van der Waals surface area contributed by atoms with Crippen molar-refractivity contribution in [2.75, 3.05) is 6.61 Å². The van der Waals surface area contributed by atoms with Crippen molar-refractivity contribution in [3.63, 3.8) is 0 Å². The fraction of sp³-hybridized carbons (Fsp3) is 0.304. The van der Waals surface area contributed by atoms with Crippen LogP contribution >= 0.6 is 0 Å². The molecule has 5 rings (SSSR count). The van der Waals surface area contributed by atoms with Crippen LogP contribution in [0.2, 0.25) is 0 Å². The van der Waals surface area contributed by atoms with Gasteiger partial charge >= 0.3 is 0 Å². The van der Waals surface area contributed by atoms with Gasteiger partial charge in [0, 0.05) is 24.6 Å². The third-order valence-corrected chi connectivity index (χ3v) is 5.93. The summed E-state index contributed by atoms with van der Waals surface area (Å²) in [7, 11) is 0. The molecule has 4 aromatic rings. The molecule has 3 heterocycles. The standard InChI is InChI=1S/C23H24N4O7/c28-11-18-20(29)21(30)23(32,22(31)33-18)34-17-3-1-2-16-19(17)27(13-25-16)10-14-4-6-15(7-5-14)26-9-8-24-12-26/h1-9,12-13,18,20-22,28-32H,10-11H2/t18-,20-,21+,22+,23+/m1/s1. The Morgan fingerprint density at radius 2 is 1.85 bits per heavy atom. The number of nitrogens with zero attached hydrogens (tertiary/aromatic N) is 4. The molecule has 11 heteroatoms. The molecular formula is C23H24N4O7. The normalized spacial score (nSPS) is 27.2. The average Bonchev–Trinajstić information content (AvgIpc) is 3.52. The van der Waals surface area contributed by atoms with Crippen LogP contribution in [0, 0.1) is 0 Å². The lowest BCUT2D eigenvalue weighted by Gasteiger charge is -2.45. The van der Waals surface area contributed by atoms with Gasteiger partial charge in [-0.3, -0.25) is 0 Å². The van der Waals surface area contributed by atoms with E-state index < -0.39 is 37.0 Å². The highest BCUT2D eigenvalue weighted by Crippen LogP contribution is 2.35. The van der Waals surface area contributed by atoms with Gasteiger partial charge in [0.2, 0.25) is 6.29 Å². The lowest BCUT2D eigenvalue weighted by Crippen LogP contribution is -2.69. The van der Waals surface area contributed by atoms with Crippen LogP contribution in [-0.2, 0) is 11.3 Å². The van der Waals surface area contributed by atoms with Crippen molar-refractivity contribution in [1.82, 2.24) is 19.1 Å². The predicted octanol–water partition coefficient (Wildman–Crippen LogP) is -0.231. The van der Waals surface area contributed by atoms with Crippen molar-refractivity contribution in [2.45, 2.75) is 36.9 Å². The van der Waals surface area contributed by atoms with Gasteiger partial charge in [0.1, 0.15) is 23.5 Å². The third-order valence-electron chi connectivity index (χ3n) is 5.93. The van der Waals surface area contributed by atoms with Crippen molar-refractivity contribution >= 4 is 11.0 Å². The van der Waals surface area contributed by atoms with Crippen molar-refractivity contribution < 1.29 is 35.0 Å². The molecular weight excluding hydrogens is 444 g/mol. The fourth-order valence-electron chi connectivity index (χ4n) is 4.05. The summed E-state index contributed by atoms with van der Waals surface area (Å²) in [4.78, 5) is 8.43. The summed E-state index contributed by atoms with van der Waals surface area (Å²) in [5, 5.41) is 51.1.